The first kappa shape index (κ1) is 15.3. The van der Waals surface area contributed by atoms with Crippen LogP contribution in [0.5, 0.6) is 5.75 Å². The Morgan fingerprint density at radius 2 is 2.15 bits per heavy atom. The molecule has 112 valence electrons. The van der Waals surface area contributed by atoms with Gasteiger partial charge in [0.1, 0.15) is 11.9 Å². The van der Waals surface area contributed by atoms with Gasteiger partial charge in [-0.2, -0.15) is 0 Å². The summed E-state index contributed by atoms with van der Waals surface area (Å²) >= 11 is 0. The molecule has 1 heterocycles. The second kappa shape index (κ2) is 6.59. The minimum Gasteiger partial charge on any atom is -0.490 e. The number of rotatable bonds is 7. The first-order valence-corrected chi connectivity index (χ1v) is 7.52. The molecule has 0 radical (unpaired) electrons. The van der Waals surface area contributed by atoms with Crippen LogP contribution in [0.1, 0.15) is 38.3 Å². The molecule has 0 aromatic heterocycles. The van der Waals surface area contributed by atoms with Gasteiger partial charge in [-0.05, 0) is 42.5 Å². The molecule has 1 N–H and O–H groups in total. The van der Waals surface area contributed by atoms with Crippen molar-refractivity contribution in [2.24, 2.45) is 0 Å². The van der Waals surface area contributed by atoms with Crippen LogP contribution >= 0.6 is 0 Å². The average molecular weight is 277 g/mol. The molecular formula is C17H27NO2. The first-order chi connectivity index (χ1) is 9.53. The zero-order chi connectivity index (χ0) is 14.6. The number of hydrogen-bond donors (Lipinski definition) is 1. The van der Waals surface area contributed by atoms with Crippen molar-refractivity contribution >= 4 is 0 Å². The second-order valence-corrected chi connectivity index (χ2v) is 6.33. The third-order valence-corrected chi connectivity index (χ3v) is 4.09. The van der Waals surface area contributed by atoms with E-state index in [4.69, 9.17) is 9.47 Å². The highest BCUT2D eigenvalue weighted by atomic mass is 16.5. The van der Waals surface area contributed by atoms with E-state index in [0.29, 0.717) is 6.10 Å². The number of methoxy groups -OCH3 is 1. The molecule has 1 unspecified atom stereocenters. The van der Waals surface area contributed by atoms with Crippen LogP contribution in [0, 0.1) is 0 Å². The van der Waals surface area contributed by atoms with Gasteiger partial charge < -0.3 is 14.8 Å². The molecule has 1 aliphatic rings. The Balaban J connectivity index is 1.94. The second-order valence-electron chi connectivity index (χ2n) is 6.33. The number of fused-ring (bicyclic) bond motifs is 1. The maximum Gasteiger partial charge on any atom is 0.123 e. The molecule has 3 heteroatoms. The first-order valence-electron chi connectivity index (χ1n) is 7.52. The van der Waals surface area contributed by atoms with Crippen molar-refractivity contribution < 1.29 is 9.47 Å². The molecule has 0 saturated carbocycles. The summed E-state index contributed by atoms with van der Waals surface area (Å²) in [5, 5.41) is 3.42. The Hall–Kier alpha value is -1.06. The summed E-state index contributed by atoms with van der Waals surface area (Å²) in [6.45, 7) is 9.46. The lowest BCUT2D eigenvalue weighted by molar-refractivity contribution is 0.198. The van der Waals surface area contributed by atoms with Gasteiger partial charge >= 0.3 is 0 Å². The van der Waals surface area contributed by atoms with E-state index in [-0.39, 0.29) is 5.41 Å². The summed E-state index contributed by atoms with van der Waals surface area (Å²) in [5.74, 6) is 1.07. The van der Waals surface area contributed by atoms with E-state index < -0.39 is 0 Å². The van der Waals surface area contributed by atoms with Gasteiger partial charge in [0.15, 0.2) is 0 Å². The van der Waals surface area contributed by atoms with Gasteiger partial charge in [0.05, 0.1) is 6.61 Å². The van der Waals surface area contributed by atoms with Crippen LogP contribution in [0.25, 0.3) is 0 Å². The van der Waals surface area contributed by atoms with Crippen LogP contribution < -0.4 is 10.1 Å². The van der Waals surface area contributed by atoms with Crippen molar-refractivity contribution in [3.05, 3.63) is 29.3 Å². The minimum atomic E-state index is 0.181. The van der Waals surface area contributed by atoms with Gasteiger partial charge in [0.25, 0.3) is 0 Å². The SMILES string of the molecule is COCCNCCC(C)(C)c1ccc2c(c1)CC(C)O2. The minimum absolute atomic E-state index is 0.181. The van der Waals surface area contributed by atoms with Gasteiger partial charge in [0, 0.05) is 20.1 Å². The van der Waals surface area contributed by atoms with Crippen molar-refractivity contribution in [2.75, 3.05) is 26.8 Å². The molecule has 0 aliphatic carbocycles. The third-order valence-electron chi connectivity index (χ3n) is 4.09. The molecule has 1 atom stereocenters. The molecule has 0 spiro atoms. The molecule has 20 heavy (non-hydrogen) atoms. The monoisotopic (exact) mass is 277 g/mol. The Morgan fingerprint density at radius 1 is 1.35 bits per heavy atom. The number of benzene rings is 1. The number of hydrogen-bond acceptors (Lipinski definition) is 3. The summed E-state index contributed by atoms with van der Waals surface area (Å²) in [6.07, 6.45) is 2.47. The Bertz CT molecular complexity index is 443. The van der Waals surface area contributed by atoms with E-state index in [1.165, 1.54) is 11.1 Å². The van der Waals surface area contributed by atoms with Crippen molar-refractivity contribution in [3.8, 4) is 5.75 Å². The maximum absolute atomic E-state index is 5.77. The third kappa shape index (κ3) is 3.74. The summed E-state index contributed by atoms with van der Waals surface area (Å²) in [4.78, 5) is 0. The summed E-state index contributed by atoms with van der Waals surface area (Å²) in [7, 11) is 1.74. The average Bonchev–Trinajstić information content (AvgIpc) is 2.77. The standard InChI is InChI=1S/C17H27NO2/c1-13-11-14-12-15(5-6-16(14)20-13)17(2,3)7-8-18-9-10-19-4/h5-6,12-13,18H,7-11H2,1-4H3. The lowest BCUT2D eigenvalue weighted by Gasteiger charge is -2.26. The zero-order valence-corrected chi connectivity index (χ0v) is 13.2. The van der Waals surface area contributed by atoms with E-state index in [9.17, 15) is 0 Å². The number of nitrogens with one attached hydrogen (secondary N) is 1. The van der Waals surface area contributed by atoms with Crippen molar-refractivity contribution in [3.63, 3.8) is 0 Å². The van der Waals surface area contributed by atoms with Gasteiger partial charge in [0.2, 0.25) is 0 Å². The lowest BCUT2D eigenvalue weighted by atomic mass is 9.80. The summed E-state index contributed by atoms with van der Waals surface area (Å²) < 4.78 is 10.8. The van der Waals surface area contributed by atoms with Crippen molar-refractivity contribution in [1.29, 1.82) is 0 Å². The molecule has 3 nitrogen and oxygen atoms in total. The molecule has 0 saturated heterocycles. The van der Waals surface area contributed by atoms with E-state index >= 15 is 0 Å². The highest BCUT2D eigenvalue weighted by Gasteiger charge is 2.24. The molecule has 1 aromatic carbocycles. The summed E-state index contributed by atoms with van der Waals surface area (Å²) in [5.41, 5.74) is 2.94. The highest BCUT2D eigenvalue weighted by molar-refractivity contribution is 5.42. The molecule has 1 aliphatic heterocycles. The quantitative estimate of drug-likeness (QED) is 0.777. The fraction of sp³-hybridized carbons (Fsp3) is 0.647. The summed E-state index contributed by atoms with van der Waals surface area (Å²) in [6, 6.07) is 6.67. The molecule has 0 fully saturated rings. The molecule has 2 rings (SSSR count). The number of ether oxygens (including phenoxy) is 2. The van der Waals surface area contributed by atoms with Gasteiger partial charge in [-0.15, -0.1) is 0 Å². The predicted molar refractivity (Wildman–Crippen MR) is 82.6 cm³/mol. The van der Waals surface area contributed by atoms with E-state index in [0.717, 1.165) is 38.3 Å². The molecular weight excluding hydrogens is 250 g/mol. The fourth-order valence-electron chi connectivity index (χ4n) is 2.69. The molecule has 0 amide bonds. The van der Waals surface area contributed by atoms with Crippen molar-refractivity contribution in [1.82, 2.24) is 5.32 Å². The van der Waals surface area contributed by atoms with E-state index in [1.54, 1.807) is 7.11 Å². The Morgan fingerprint density at radius 3 is 2.90 bits per heavy atom. The largest absolute Gasteiger partial charge is 0.490 e. The van der Waals surface area contributed by atoms with Crippen LogP contribution in [0.4, 0.5) is 0 Å². The van der Waals surface area contributed by atoms with Crippen LogP contribution in [0.15, 0.2) is 18.2 Å². The van der Waals surface area contributed by atoms with Gasteiger partial charge in [-0.25, -0.2) is 0 Å². The van der Waals surface area contributed by atoms with Crippen molar-refractivity contribution in [2.45, 2.75) is 45.1 Å². The van der Waals surface area contributed by atoms with Gasteiger partial charge in [-0.1, -0.05) is 26.0 Å². The maximum atomic E-state index is 5.77. The highest BCUT2D eigenvalue weighted by Crippen LogP contribution is 2.34. The topological polar surface area (TPSA) is 30.5 Å². The van der Waals surface area contributed by atoms with Crippen LogP contribution in [-0.4, -0.2) is 32.9 Å². The normalized spacial score (nSPS) is 17.9. The van der Waals surface area contributed by atoms with Crippen LogP contribution in [-0.2, 0) is 16.6 Å². The Labute approximate surface area is 122 Å². The molecule has 1 aromatic rings. The van der Waals surface area contributed by atoms with E-state index in [1.807, 2.05) is 0 Å². The molecule has 0 bridgehead atoms. The van der Waals surface area contributed by atoms with E-state index in [2.05, 4.69) is 44.3 Å². The fourth-order valence-corrected chi connectivity index (χ4v) is 2.69. The smallest absolute Gasteiger partial charge is 0.123 e. The Kier molecular flexibility index (Phi) is 5.06. The lowest BCUT2D eigenvalue weighted by Crippen LogP contribution is -2.27. The van der Waals surface area contributed by atoms with Crippen LogP contribution in [0.3, 0.4) is 0 Å². The zero-order valence-electron chi connectivity index (χ0n) is 13.2. The van der Waals surface area contributed by atoms with Crippen LogP contribution in [0.2, 0.25) is 0 Å². The predicted octanol–water partition coefficient (Wildman–Crippen LogP) is 2.91. The van der Waals surface area contributed by atoms with Gasteiger partial charge in [-0.3, -0.25) is 0 Å².